The fourth-order valence-corrected chi connectivity index (χ4v) is 4.62. The molecule has 24 heavy (non-hydrogen) atoms. The first-order valence-corrected chi connectivity index (χ1v) is 8.85. The van der Waals surface area contributed by atoms with Gasteiger partial charge in [0.05, 0.1) is 6.10 Å². The van der Waals surface area contributed by atoms with Gasteiger partial charge >= 0.3 is 0 Å². The minimum Gasteiger partial charge on any atom is -0.388 e. The number of aliphatic hydroxyl groups excluding tert-OH is 1. The van der Waals surface area contributed by atoms with Gasteiger partial charge in [-0.05, 0) is 59.1 Å². The van der Waals surface area contributed by atoms with Crippen molar-refractivity contribution < 1.29 is 9.90 Å². The Kier molecular flexibility index (Phi) is 2.93. The van der Waals surface area contributed by atoms with Gasteiger partial charge < -0.3 is 10.4 Å². The molecular weight excluding hydrogens is 298 g/mol. The van der Waals surface area contributed by atoms with Gasteiger partial charge in [-0.2, -0.15) is 0 Å². The first-order chi connectivity index (χ1) is 11.7. The van der Waals surface area contributed by atoms with E-state index in [4.69, 9.17) is 0 Å². The van der Waals surface area contributed by atoms with Crippen molar-refractivity contribution in [3.05, 3.63) is 59.2 Å². The van der Waals surface area contributed by atoms with Crippen molar-refractivity contribution in [2.45, 2.75) is 43.1 Å². The zero-order valence-corrected chi connectivity index (χ0v) is 13.6. The second-order valence-electron chi connectivity index (χ2n) is 7.62. The lowest BCUT2D eigenvalue weighted by atomic mass is 9.80. The zero-order valence-electron chi connectivity index (χ0n) is 13.6. The van der Waals surface area contributed by atoms with Crippen molar-refractivity contribution >= 4 is 5.91 Å². The van der Waals surface area contributed by atoms with Gasteiger partial charge in [0.25, 0.3) is 0 Å². The van der Waals surface area contributed by atoms with Crippen LogP contribution in [0.3, 0.4) is 0 Å². The summed E-state index contributed by atoms with van der Waals surface area (Å²) in [7, 11) is 0. The first kappa shape index (κ1) is 14.2. The largest absolute Gasteiger partial charge is 0.388 e. The summed E-state index contributed by atoms with van der Waals surface area (Å²) in [4.78, 5) is 11.7. The Bertz CT molecular complexity index is 839. The number of fused-ring (bicyclic) bond motifs is 2. The summed E-state index contributed by atoms with van der Waals surface area (Å²) in [5, 5.41) is 13.6. The number of benzene rings is 2. The molecule has 3 aliphatic rings. The quantitative estimate of drug-likeness (QED) is 0.891. The van der Waals surface area contributed by atoms with Gasteiger partial charge in [-0.3, -0.25) is 4.79 Å². The van der Waals surface area contributed by atoms with Gasteiger partial charge in [0.15, 0.2) is 0 Å². The standard InChI is InChI=1S/C21H21NO2/c23-19-10-21(11-20(24)22-12-21)18-8-7-14(9-17(18)19)16-4-2-1-3-15(16)13-5-6-13/h1-4,7-9,13,19,23H,5-6,10-12H2,(H,22,24)/t19-,21?/m1/s1. The van der Waals surface area contributed by atoms with Crippen molar-refractivity contribution in [1.29, 1.82) is 0 Å². The molecule has 0 aromatic heterocycles. The number of hydrogen-bond donors (Lipinski definition) is 2. The van der Waals surface area contributed by atoms with Crippen molar-refractivity contribution in [3.63, 3.8) is 0 Å². The molecule has 1 saturated heterocycles. The molecule has 1 unspecified atom stereocenters. The van der Waals surface area contributed by atoms with Crippen LogP contribution in [0, 0.1) is 0 Å². The predicted molar refractivity (Wildman–Crippen MR) is 92.7 cm³/mol. The van der Waals surface area contributed by atoms with E-state index >= 15 is 0 Å². The Morgan fingerprint density at radius 1 is 1.08 bits per heavy atom. The van der Waals surface area contributed by atoms with Crippen LogP contribution >= 0.6 is 0 Å². The highest BCUT2D eigenvalue weighted by Crippen LogP contribution is 2.50. The molecular formula is C21H21NO2. The zero-order chi connectivity index (χ0) is 16.3. The van der Waals surface area contributed by atoms with Gasteiger partial charge in [0.1, 0.15) is 0 Å². The number of hydrogen-bond acceptors (Lipinski definition) is 2. The van der Waals surface area contributed by atoms with Gasteiger partial charge in [0, 0.05) is 18.4 Å². The topological polar surface area (TPSA) is 49.3 Å². The van der Waals surface area contributed by atoms with Crippen LogP contribution in [0.4, 0.5) is 0 Å². The highest BCUT2D eigenvalue weighted by molar-refractivity contribution is 5.81. The lowest BCUT2D eigenvalue weighted by molar-refractivity contribution is -0.119. The van der Waals surface area contributed by atoms with Gasteiger partial charge in [-0.15, -0.1) is 0 Å². The highest BCUT2D eigenvalue weighted by Gasteiger charge is 2.48. The molecule has 1 spiro atoms. The first-order valence-electron chi connectivity index (χ1n) is 8.85. The van der Waals surface area contributed by atoms with E-state index in [9.17, 15) is 9.90 Å². The number of aliphatic hydroxyl groups is 1. The molecule has 0 bridgehead atoms. The number of carbonyl (C=O) groups is 1. The third-order valence-corrected chi connectivity index (χ3v) is 5.98. The lowest BCUT2D eigenvalue weighted by Gasteiger charge is -2.22. The normalized spacial score (nSPS) is 28.2. The van der Waals surface area contributed by atoms with Crippen LogP contribution in [-0.2, 0) is 10.2 Å². The van der Waals surface area contributed by atoms with E-state index in [0.29, 0.717) is 25.3 Å². The van der Waals surface area contributed by atoms with E-state index in [0.717, 1.165) is 11.1 Å². The van der Waals surface area contributed by atoms with Gasteiger partial charge in [-0.1, -0.05) is 36.4 Å². The summed E-state index contributed by atoms with van der Waals surface area (Å²) < 4.78 is 0. The number of nitrogens with one attached hydrogen (secondary N) is 1. The molecule has 3 heteroatoms. The maximum absolute atomic E-state index is 11.7. The van der Waals surface area contributed by atoms with Gasteiger partial charge in [0.2, 0.25) is 5.91 Å². The highest BCUT2D eigenvalue weighted by atomic mass is 16.3. The van der Waals surface area contributed by atoms with Crippen LogP contribution in [0.1, 0.15) is 54.4 Å². The molecule has 2 aromatic carbocycles. The second-order valence-corrected chi connectivity index (χ2v) is 7.62. The molecule has 0 radical (unpaired) electrons. The van der Waals surface area contributed by atoms with Crippen LogP contribution in [0.5, 0.6) is 0 Å². The number of amides is 1. The average Bonchev–Trinajstić information content (AvgIpc) is 3.33. The Morgan fingerprint density at radius 3 is 2.67 bits per heavy atom. The summed E-state index contributed by atoms with van der Waals surface area (Å²) in [5.41, 5.74) is 5.86. The third-order valence-electron chi connectivity index (χ3n) is 5.98. The maximum Gasteiger partial charge on any atom is 0.220 e. The van der Waals surface area contributed by atoms with Crippen LogP contribution in [0.25, 0.3) is 11.1 Å². The van der Waals surface area contributed by atoms with E-state index in [1.54, 1.807) is 0 Å². The van der Waals surface area contributed by atoms with Crippen molar-refractivity contribution in [3.8, 4) is 11.1 Å². The molecule has 5 rings (SSSR count). The number of rotatable bonds is 2. The molecule has 1 aliphatic heterocycles. The SMILES string of the molecule is O=C1CC2(CN1)C[C@@H](O)c1cc(-c3ccccc3C3CC3)ccc12. The summed E-state index contributed by atoms with van der Waals surface area (Å²) >= 11 is 0. The molecule has 1 amide bonds. The summed E-state index contributed by atoms with van der Waals surface area (Å²) in [6, 6.07) is 15.1. The molecule has 122 valence electrons. The molecule has 2 aromatic rings. The van der Waals surface area contributed by atoms with E-state index in [1.807, 2.05) is 0 Å². The van der Waals surface area contributed by atoms with Crippen molar-refractivity contribution in [1.82, 2.24) is 5.32 Å². The van der Waals surface area contributed by atoms with Crippen molar-refractivity contribution in [2.75, 3.05) is 6.54 Å². The Labute approximate surface area is 141 Å². The molecule has 1 heterocycles. The fourth-order valence-electron chi connectivity index (χ4n) is 4.62. The van der Waals surface area contributed by atoms with Crippen LogP contribution in [-0.4, -0.2) is 17.6 Å². The van der Waals surface area contributed by atoms with Crippen LogP contribution in [0.15, 0.2) is 42.5 Å². The van der Waals surface area contributed by atoms with E-state index in [-0.39, 0.29) is 11.3 Å². The van der Waals surface area contributed by atoms with Crippen molar-refractivity contribution in [2.24, 2.45) is 0 Å². The Hall–Kier alpha value is -2.13. The van der Waals surface area contributed by atoms with Gasteiger partial charge in [-0.25, -0.2) is 0 Å². The Morgan fingerprint density at radius 2 is 1.92 bits per heavy atom. The molecule has 2 fully saturated rings. The molecule has 3 nitrogen and oxygen atoms in total. The smallest absolute Gasteiger partial charge is 0.220 e. The third kappa shape index (κ3) is 2.04. The summed E-state index contributed by atoms with van der Waals surface area (Å²) in [6.45, 7) is 0.647. The fraction of sp³-hybridized carbons (Fsp3) is 0.381. The monoisotopic (exact) mass is 319 g/mol. The summed E-state index contributed by atoms with van der Waals surface area (Å²) in [6.07, 6.45) is 3.23. The second kappa shape index (κ2) is 4.93. The average molecular weight is 319 g/mol. The van der Waals surface area contributed by atoms with E-state index in [1.165, 1.54) is 29.5 Å². The summed E-state index contributed by atoms with van der Waals surface area (Å²) in [5.74, 6) is 0.792. The van der Waals surface area contributed by atoms with E-state index < -0.39 is 6.10 Å². The van der Waals surface area contributed by atoms with Crippen LogP contribution < -0.4 is 5.32 Å². The maximum atomic E-state index is 11.7. The predicted octanol–water partition coefficient (Wildman–Crippen LogP) is 3.43. The molecule has 2 N–H and O–H groups in total. The Balaban J connectivity index is 1.60. The molecule has 2 aliphatic carbocycles. The number of carbonyl (C=O) groups excluding carboxylic acids is 1. The van der Waals surface area contributed by atoms with E-state index in [2.05, 4.69) is 47.8 Å². The molecule has 1 saturated carbocycles. The minimum atomic E-state index is -0.472. The van der Waals surface area contributed by atoms with Crippen LogP contribution in [0.2, 0.25) is 0 Å². The minimum absolute atomic E-state index is 0.0956. The molecule has 2 atom stereocenters. The lowest BCUT2D eigenvalue weighted by Crippen LogP contribution is -2.26.